The van der Waals surface area contributed by atoms with E-state index in [0.29, 0.717) is 30.2 Å². The molecular weight excluding hydrogens is 336 g/mol. The number of carbonyl (C=O) groups excluding carboxylic acids is 2. The summed E-state index contributed by atoms with van der Waals surface area (Å²) in [7, 11) is 0. The normalized spacial score (nSPS) is 21.0. The number of likely N-dealkylation sites (tertiary alicyclic amines) is 1. The molecule has 3 fully saturated rings. The fraction of sp³-hybridized carbons (Fsp3) is 0.652. The fourth-order valence-corrected chi connectivity index (χ4v) is 4.23. The largest absolute Gasteiger partial charge is 0.353 e. The van der Waals surface area contributed by atoms with Crippen LogP contribution in [0.2, 0.25) is 0 Å². The molecule has 2 saturated carbocycles. The third kappa shape index (κ3) is 5.12. The van der Waals surface area contributed by atoms with E-state index < -0.39 is 0 Å². The Bertz CT molecular complexity index is 653. The van der Waals surface area contributed by atoms with Crippen LogP contribution in [-0.2, 0) is 22.4 Å². The third-order valence-electron chi connectivity index (χ3n) is 6.51. The highest BCUT2D eigenvalue weighted by Crippen LogP contribution is 2.30. The van der Waals surface area contributed by atoms with E-state index in [1.54, 1.807) is 0 Å². The van der Waals surface area contributed by atoms with E-state index in [4.69, 9.17) is 0 Å². The zero-order valence-corrected chi connectivity index (χ0v) is 16.3. The van der Waals surface area contributed by atoms with Crippen LogP contribution in [0.15, 0.2) is 24.3 Å². The van der Waals surface area contributed by atoms with E-state index in [-0.39, 0.29) is 5.91 Å². The Morgan fingerprint density at radius 1 is 0.926 bits per heavy atom. The standard InChI is InChI=1S/C23H32N2O2/c26-22(24-21-9-10-21)11-8-17-4-6-18(7-5-17)16-19-12-14-25(15-13-19)23(27)20-2-1-3-20/h4-7,19-21H,1-3,8-16H2,(H,24,26). The van der Waals surface area contributed by atoms with Crippen molar-refractivity contribution in [1.29, 1.82) is 0 Å². The van der Waals surface area contributed by atoms with E-state index in [2.05, 4.69) is 34.5 Å². The first-order valence-corrected chi connectivity index (χ1v) is 10.8. The number of hydrogen-bond donors (Lipinski definition) is 1. The number of nitrogens with zero attached hydrogens (tertiary/aromatic N) is 1. The summed E-state index contributed by atoms with van der Waals surface area (Å²) >= 11 is 0. The zero-order valence-electron chi connectivity index (χ0n) is 16.3. The van der Waals surface area contributed by atoms with Crippen molar-refractivity contribution >= 4 is 11.8 Å². The van der Waals surface area contributed by atoms with Crippen molar-refractivity contribution < 1.29 is 9.59 Å². The van der Waals surface area contributed by atoms with Crippen LogP contribution >= 0.6 is 0 Å². The molecule has 1 N–H and O–H groups in total. The highest BCUT2D eigenvalue weighted by atomic mass is 16.2. The minimum Gasteiger partial charge on any atom is -0.353 e. The molecule has 1 heterocycles. The molecule has 0 radical (unpaired) electrons. The van der Waals surface area contributed by atoms with Crippen LogP contribution < -0.4 is 5.32 Å². The topological polar surface area (TPSA) is 49.4 Å². The second-order valence-corrected chi connectivity index (χ2v) is 8.76. The van der Waals surface area contributed by atoms with Crippen LogP contribution in [0.3, 0.4) is 0 Å². The lowest BCUT2D eigenvalue weighted by atomic mass is 9.83. The van der Waals surface area contributed by atoms with E-state index in [1.807, 2.05) is 0 Å². The van der Waals surface area contributed by atoms with Gasteiger partial charge >= 0.3 is 0 Å². The third-order valence-corrected chi connectivity index (χ3v) is 6.51. The Morgan fingerprint density at radius 3 is 2.19 bits per heavy atom. The zero-order chi connectivity index (χ0) is 18.6. The summed E-state index contributed by atoms with van der Waals surface area (Å²) in [5.41, 5.74) is 2.62. The molecule has 3 aliphatic rings. The Hall–Kier alpha value is -1.84. The first-order chi connectivity index (χ1) is 13.2. The van der Waals surface area contributed by atoms with Crippen molar-refractivity contribution in [1.82, 2.24) is 10.2 Å². The van der Waals surface area contributed by atoms with Crippen LogP contribution in [0.25, 0.3) is 0 Å². The quantitative estimate of drug-likeness (QED) is 0.801. The van der Waals surface area contributed by atoms with Gasteiger partial charge in [0.2, 0.25) is 11.8 Å². The molecular formula is C23H32N2O2. The maximum atomic E-state index is 12.4. The summed E-state index contributed by atoms with van der Waals surface area (Å²) in [5.74, 6) is 1.62. The molecule has 0 aromatic heterocycles. The van der Waals surface area contributed by atoms with Crippen LogP contribution in [0, 0.1) is 11.8 Å². The summed E-state index contributed by atoms with van der Waals surface area (Å²) in [6.45, 7) is 1.88. The molecule has 2 amide bonds. The lowest BCUT2D eigenvalue weighted by Gasteiger charge is -2.36. The minimum atomic E-state index is 0.185. The minimum absolute atomic E-state index is 0.185. The molecule has 0 spiro atoms. The van der Waals surface area contributed by atoms with Gasteiger partial charge in [-0.25, -0.2) is 0 Å². The highest BCUT2D eigenvalue weighted by Gasteiger charge is 2.31. The molecule has 4 heteroatoms. The van der Waals surface area contributed by atoms with Crippen molar-refractivity contribution in [3.05, 3.63) is 35.4 Å². The molecule has 0 atom stereocenters. The Balaban J connectivity index is 1.18. The van der Waals surface area contributed by atoms with Crippen LogP contribution in [0.1, 0.15) is 62.5 Å². The number of benzene rings is 1. The number of rotatable bonds is 7. The van der Waals surface area contributed by atoms with Crippen molar-refractivity contribution in [2.75, 3.05) is 13.1 Å². The van der Waals surface area contributed by atoms with E-state index in [9.17, 15) is 9.59 Å². The Morgan fingerprint density at radius 2 is 1.59 bits per heavy atom. The second kappa shape index (κ2) is 8.45. The van der Waals surface area contributed by atoms with Gasteiger partial charge < -0.3 is 10.2 Å². The molecule has 1 aromatic carbocycles. The molecule has 1 aliphatic heterocycles. The molecule has 27 heavy (non-hydrogen) atoms. The van der Waals surface area contributed by atoms with Gasteiger partial charge in [-0.05, 0) is 68.4 Å². The summed E-state index contributed by atoms with van der Waals surface area (Å²) < 4.78 is 0. The SMILES string of the molecule is O=C(CCc1ccc(CC2CCN(C(=O)C3CCC3)CC2)cc1)NC1CC1. The van der Waals surface area contributed by atoms with Crippen molar-refractivity contribution in [2.24, 2.45) is 11.8 Å². The molecule has 4 nitrogen and oxygen atoms in total. The van der Waals surface area contributed by atoms with Crippen molar-refractivity contribution in [3.8, 4) is 0 Å². The van der Waals surface area contributed by atoms with Gasteiger partial charge in [0, 0.05) is 31.5 Å². The van der Waals surface area contributed by atoms with Crippen molar-refractivity contribution in [2.45, 2.75) is 70.3 Å². The van der Waals surface area contributed by atoms with E-state index in [1.165, 1.54) is 17.5 Å². The number of carbonyl (C=O) groups is 2. The maximum Gasteiger partial charge on any atom is 0.225 e. The van der Waals surface area contributed by atoms with Gasteiger partial charge in [0.05, 0.1) is 0 Å². The number of amides is 2. The fourth-order valence-electron chi connectivity index (χ4n) is 4.23. The lowest BCUT2D eigenvalue weighted by molar-refractivity contribution is -0.139. The molecule has 0 unspecified atom stereocenters. The predicted octanol–water partition coefficient (Wildman–Crippen LogP) is 3.48. The molecule has 1 aromatic rings. The number of nitrogens with one attached hydrogen (secondary N) is 1. The van der Waals surface area contributed by atoms with Gasteiger partial charge in [-0.15, -0.1) is 0 Å². The Labute approximate surface area is 162 Å². The molecule has 2 aliphatic carbocycles. The van der Waals surface area contributed by atoms with Crippen LogP contribution in [-0.4, -0.2) is 35.8 Å². The first-order valence-electron chi connectivity index (χ1n) is 10.8. The summed E-state index contributed by atoms with van der Waals surface area (Å²) in [6.07, 6.45) is 10.5. The lowest BCUT2D eigenvalue weighted by Crippen LogP contribution is -2.43. The molecule has 0 bridgehead atoms. The molecule has 4 rings (SSSR count). The van der Waals surface area contributed by atoms with Crippen LogP contribution in [0.5, 0.6) is 0 Å². The van der Waals surface area contributed by atoms with Gasteiger partial charge in [0.25, 0.3) is 0 Å². The predicted molar refractivity (Wildman–Crippen MR) is 106 cm³/mol. The Kier molecular flexibility index (Phi) is 5.80. The highest BCUT2D eigenvalue weighted by molar-refractivity contribution is 5.79. The molecule has 1 saturated heterocycles. The average Bonchev–Trinajstić information content (AvgIpc) is 3.44. The molecule has 146 valence electrons. The second-order valence-electron chi connectivity index (χ2n) is 8.76. The smallest absolute Gasteiger partial charge is 0.225 e. The van der Waals surface area contributed by atoms with Crippen molar-refractivity contribution in [3.63, 3.8) is 0 Å². The summed E-state index contributed by atoms with van der Waals surface area (Å²) in [4.78, 5) is 26.3. The van der Waals surface area contributed by atoms with E-state index >= 15 is 0 Å². The van der Waals surface area contributed by atoms with Gasteiger partial charge in [-0.1, -0.05) is 30.7 Å². The first kappa shape index (κ1) is 18.5. The summed E-state index contributed by atoms with van der Waals surface area (Å²) in [6, 6.07) is 9.25. The monoisotopic (exact) mass is 368 g/mol. The maximum absolute atomic E-state index is 12.4. The number of piperidine rings is 1. The van der Waals surface area contributed by atoms with Gasteiger partial charge in [0.1, 0.15) is 0 Å². The van der Waals surface area contributed by atoms with Crippen LogP contribution in [0.4, 0.5) is 0 Å². The number of aryl methyl sites for hydroxylation is 1. The van der Waals surface area contributed by atoms with Gasteiger partial charge in [-0.3, -0.25) is 9.59 Å². The van der Waals surface area contributed by atoms with E-state index in [0.717, 1.165) is 64.5 Å². The van der Waals surface area contributed by atoms with Gasteiger partial charge in [-0.2, -0.15) is 0 Å². The average molecular weight is 369 g/mol. The summed E-state index contributed by atoms with van der Waals surface area (Å²) in [5, 5.41) is 3.05. The number of hydrogen-bond acceptors (Lipinski definition) is 2. The van der Waals surface area contributed by atoms with Gasteiger partial charge in [0.15, 0.2) is 0 Å².